The van der Waals surface area contributed by atoms with Gasteiger partial charge in [-0.1, -0.05) is 18.2 Å². The summed E-state index contributed by atoms with van der Waals surface area (Å²) in [5.74, 6) is 0.305. The smallest absolute Gasteiger partial charge is 0.230 e. The van der Waals surface area contributed by atoms with E-state index < -0.39 is 0 Å². The van der Waals surface area contributed by atoms with Crippen molar-refractivity contribution in [2.75, 3.05) is 26.7 Å². The molecule has 5 rings (SSSR count). The lowest BCUT2D eigenvalue weighted by Gasteiger charge is -2.39. The van der Waals surface area contributed by atoms with Gasteiger partial charge in [0.2, 0.25) is 5.91 Å². The molecule has 0 spiro atoms. The Bertz CT molecular complexity index is 815. The zero-order valence-corrected chi connectivity index (χ0v) is 12.7. The molecule has 2 unspecified atom stereocenters. The molecule has 2 aliphatic heterocycles. The Labute approximate surface area is 129 Å². The van der Waals surface area contributed by atoms with E-state index in [9.17, 15) is 4.79 Å². The number of carbonyl (C=O) groups is 1. The third-order valence-corrected chi connectivity index (χ3v) is 5.34. The molecule has 4 nitrogen and oxygen atoms in total. The maximum Gasteiger partial charge on any atom is 0.230 e. The predicted molar refractivity (Wildman–Crippen MR) is 86.5 cm³/mol. The van der Waals surface area contributed by atoms with Crippen LogP contribution in [-0.2, 0) is 11.2 Å². The number of aromatic amines is 1. The first-order valence-corrected chi connectivity index (χ1v) is 8.02. The van der Waals surface area contributed by atoms with Crippen molar-refractivity contribution in [2.45, 2.75) is 12.5 Å². The summed E-state index contributed by atoms with van der Waals surface area (Å²) in [5.41, 5.74) is 5.25. The zero-order valence-electron chi connectivity index (χ0n) is 12.7. The molecule has 1 saturated heterocycles. The highest BCUT2D eigenvalue weighted by Gasteiger charge is 2.38. The minimum absolute atomic E-state index is 0.00879. The van der Waals surface area contributed by atoms with Gasteiger partial charge in [-0.15, -0.1) is 0 Å². The summed E-state index contributed by atoms with van der Waals surface area (Å²) in [6.07, 6.45) is 5.42. The first-order chi connectivity index (χ1) is 10.7. The van der Waals surface area contributed by atoms with E-state index in [1.807, 2.05) is 4.90 Å². The molecule has 3 aliphatic rings. The minimum atomic E-state index is 0.00879. The molecule has 0 radical (unpaired) electrons. The van der Waals surface area contributed by atoms with Gasteiger partial charge in [0.1, 0.15) is 0 Å². The van der Waals surface area contributed by atoms with E-state index in [2.05, 4.69) is 47.4 Å². The highest BCUT2D eigenvalue weighted by molar-refractivity contribution is 5.99. The van der Waals surface area contributed by atoms with Gasteiger partial charge < -0.3 is 9.88 Å². The van der Waals surface area contributed by atoms with Gasteiger partial charge in [0.05, 0.1) is 5.92 Å². The molecule has 1 aromatic carbocycles. The van der Waals surface area contributed by atoms with Crippen LogP contribution in [0.2, 0.25) is 0 Å². The van der Waals surface area contributed by atoms with Crippen LogP contribution in [0.3, 0.4) is 0 Å². The second-order valence-electron chi connectivity index (χ2n) is 6.76. The van der Waals surface area contributed by atoms with Crippen molar-refractivity contribution in [2.24, 2.45) is 5.92 Å². The molecule has 1 amide bonds. The van der Waals surface area contributed by atoms with E-state index >= 15 is 0 Å². The van der Waals surface area contributed by atoms with E-state index in [1.54, 1.807) is 0 Å². The van der Waals surface area contributed by atoms with Gasteiger partial charge in [0, 0.05) is 42.8 Å². The topological polar surface area (TPSA) is 39.1 Å². The number of amides is 1. The average Bonchev–Trinajstić information content (AvgIpc) is 3.30. The highest BCUT2D eigenvalue weighted by Crippen LogP contribution is 2.41. The number of nitrogens with one attached hydrogen (secondary N) is 1. The molecular weight excluding hydrogens is 274 g/mol. The van der Waals surface area contributed by atoms with Crippen molar-refractivity contribution in [1.29, 1.82) is 0 Å². The van der Waals surface area contributed by atoms with Crippen LogP contribution in [0, 0.1) is 5.92 Å². The molecular formula is C18H19N3O. The quantitative estimate of drug-likeness (QED) is 0.815. The van der Waals surface area contributed by atoms with Crippen molar-refractivity contribution < 1.29 is 4.79 Å². The molecule has 1 aromatic heterocycles. The van der Waals surface area contributed by atoms with E-state index in [4.69, 9.17) is 0 Å². The van der Waals surface area contributed by atoms with Crippen molar-refractivity contribution in [1.82, 2.24) is 14.8 Å². The number of likely N-dealkylation sites (N-methyl/N-ethyl adjacent to an activating group) is 1. The van der Waals surface area contributed by atoms with Crippen LogP contribution in [0.15, 0.2) is 30.5 Å². The molecule has 3 heterocycles. The van der Waals surface area contributed by atoms with E-state index in [1.165, 1.54) is 27.6 Å². The van der Waals surface area contributed by atoms with Gasteiger partial charge in [-0.3, -0.25) is 9.69 Å². The Morgan fingerprint density at radius 3 is 3.00 bits per heavy atom. The van der Waals surface area contributed by atoms with Crippen LogP contribution >= 0.6 is 0 Å². The number of H-pyrrole nitrogens is 1. The van der Waals surface area contributed by atoms with Crippen molar-refractivity contribution in [3.8, 4) is 0 Å². The van der Waals surface area contributed by atoms with E-state index in [-0.39, 0.29) is 5.92 Å². The van der Waals surface area contributed by atoms with Crippen LogP contribution in [0.4, 0.5) is 0 Å². The maximum atomic E-state index is 12.5. The Kier molecular flexibility index (Phi) is 2.40. The second-order valence-corrected chi connectivity index (χ2v) is 6.76. The highest BCUT2D eigenvalue weighted by atomic mass is 16.2. The number of hydrogen-bond donors (Lipinski definition) is 1. The molecule has 2 atom stereocenters. The molecule has 0 bridgehead atoms. The predicted octanol–water partition coefficient (Wildman–Crippen LogP) is 1.88. The summed E-state index contributed by atoms with van der Waals surface area (Å²) in [5, 5.41) is 1.35. The fourth-order valence-corrected chi connectivity index (χ4v) is 4.11. The monoisotopic (exact) mass is 293 g/mol. The lowest BCUT2D eigenvalue weighted by Crippen LogP contribution is -2.45. The molecule has 22 heavy (non-hydrogen) atoms. The number of hydrogen-bond acceptors (Lipinski definition) is 2. The maximum absolute atomic E-state index is 12.5. The first kappa shape index (κ1) is 12.5. The molecule has 1 N–H and O–H groups in total. The summed E-state index contributed by atoms with van der Waals surface area (Å²) in [6, 6.07) is 6.84. The van der Waals surface area contributed by atoms with Gasteiger partial charge >= 0.3 is 0 Å². The molecule has 4 heteroatoms. The van der Waals surface area contributed by atoms with Crippen LogP contribution in [0.1, 0.15) is 11.1 Å². The van der Waals surface area contributed by atoms with E-state index in [0.717, 1.165) is 26.1 Å². The summed E-state index contributed by atoms with van der Waals surface area (Å²) in [7, 11) is 2.15. The second kappa shape index (κ2) is 4.23. The Hall–Kier alpha value is -2.07. The molecule has 112 valence electrons. The van der Waals surface area contributed by atoms with Crippen molar-refractivity contribution in [3.05, 3.63) is 41.6 Å². The normalized spacial score (nSPS) is 26.8. The van der Waals surface area contributed by atoms with Gasteiger partial charge in [0.15, 0.2) is 0 Å². The van der Waals surface area contributed by atoms with Gasteiger partial charge in [-0.2, -0.15) is 0 Å². The fourth-order valence-electron chi connectivity index (χ4n) is 4.11. The number of benzene rings is 1. The Balaban J connectivity index is 1.67. The molecule has 0 saturated carbocycles. The third-order valence-electron chi connectivity index (χ3n) is 5.34. The largest absolute Gasteiger partial charge is 0.361 e. The summed E-state index contributed by atoms with van der Waals surface area (Å²) < 4.78 is 0. The molecule has 2 aromatic rings. The minimum Gasteiger partial charge on any atom is -0.361 e. The summed E-state index contributed by atoms with van der Waals surface area (Å²) >= 11 is 0. The lowest BCUT2D eigenvalue weighted by molar-refractivity contribution is -0.129. The number of nitrogens with zero attached hydrogens (tertiary/aromatic N) is 2. The van der Waals surface area contributed by atoms with Gasteiger partial charge in [-0.05, 0) is 36.2 Å². The lowest BCUT2D eigenvalue weighted by atomic mass is 9.80. The third kappa shape index (κ3) is 1.64. The summed E-state index contributed by atoms with van der Waals surface area (Å²) in [6.45, 7) is 2.70. The van der Waals surface area contributed by atoms with Crippen LogP contribution in [0.25, 0.3) is 16.5 Å². The zero-order chi connectivity index (χ0) is 14.8. The molecule has 1 fully saturated rings. The Morgan fingerprint density at radius 2 is 2.18 bits per heavy atom. The molecule has 1 aliphatic carbocycles. The standard InChI is InChI=1S/C18H19N3O/c1-20-10-12(18(22)21-5-6-21)7-14-13-3-2-4-15-17(13)11(9-19-15)8-16(14)20/h2-4,7,9,12,16,19H,5-6,8,10H2,1H3. The first-order valence-electron chi connectivity index (χ1n) is 8.02. The number of carbonyl (C=O) groups excluding carboxylic acids is 1. The number of rotatable bonds is 1. The Morgan fingerprint density at radius 1 is 1.32 bits per heavy atom. The van der Waals surface area contributed by atoms with Crippen LogP contribution in [-0.4, -0.2) is 53.4 Å². The number of aromatic nitrogens is 1. The SMILES string of the molecule is CN1CC(C(=O)N2CC2)C=C2c3cccc4[nH]cc(c34)CC21. The van der Waals surface area contributed by atoms with E-state index in [0.29, 0.717) is 11.9 Å². The summed E-state index contributed by atoms with van der Waals surface area (Å²) in [4.78, 5) is 20.2. The number of fused-ring (bicyclic) bond motifs is 2. The van der Waals surface area contributed by atoms with Crippen molar-refractivity contribution >= 4 is 22.4 Å². The van der Waals surface area contributed by atoms with Crippen molar-refractivity contribution in [3.63, 3.8) is 0 Å². The van der Waals surface area contributed by atoms with Gasteiger partial charge in [0.25, 0.3) is 0 Å². The fraction of sp³-hybridized carbons (Fsp3) is 0.389. The van der Waals surface area contributed by atoms with Crippen LogP contribution in [0.5, 0.6) is 0 Å². The average molecular weight is 293 g/mol. The van der Waals surface area contributed by atoms with Crippen LogP contribution < -0.4 is 0 Å². The van der Waals surface area contributed by atoms with Gasteiger partial charge in [-0.25, -0.2) is 0 Å².